The van der Waals surface area contributed by atoms with Crippen molar-refractivity contribution in [3.8, 4) is 5.75 Å². The summed E-state index contributed by atoms with van der Waals surface area (Å²) in [7, 11) is 1.88. The number of amides is 1. The third kappa shape index (κ3) is 6.26. The number of carbonyl (C=O) groups excluding carboxylic acids is 1. The second-order valence-electron chi connectivity index (χ2n) is 5.85. The quantitative estimate of drug-likeness (QED) is 0.610. The molecule has 0 radical (unpaired) electrons. The minimum atomic E-state index is 0.0146. The van der Waals surface area contributed by atoms with E-state index in [1.165, 1.54) is 0 Å². The first-order valence-electron chi connectivity index (χ1n) is 8.79. The first-order chi connectivity index (χ1) is 12.7. The van der Waals surface area contributed by atoms with Crippen molar-refractivity contribution in [1.29, 1.82) is 0 Å². The maximum absolute atomic E-state index is 12.7. The molecule has 2 aromatic carbocycles. The fourth-order valence-electron chi connectivity index (χ4n) is 2.48. The Labute approximate surface area is 155 Å². The third-order valence-corrected chi connectivity index (χ3v) is 3.94. The second kappa shape index (κ2) is 10.9. The van der Waals surface area contributed by atoms with Crippen LogP contribution in [0.25, 0.3) is 0 Å². The van der Waals surface area contributed by atoms with E-state index in [9.17, 15) is 4.79 Å². The van der Waals surface area contributed by atoms with E-state index in [4.69, 9.17) is 4.74 Å². The van der Waals surface area contributed by atoms with Crippen LogP contribution in [-0.2, 0) is 6.61 Å². The maximum Gasteiger partial charge on any atom is 0.253 e. The molecule has 0 aromatic heterocycles. The summed E-state index contributed by atoms with van der Waals surface area (Å²) < 4.78 is 5.78. The number of benzene rings is 2. The molecule has 26 heavy (non-hydrogen) atoms. The van der Waals surface area contributed by atoms with Crippen molar-refractivity contribution in [2.24, 2.45) is 0 Å². The van der Waals surface area contributed by atoms with Crippen LogP contribution < -0.4 is 15.4 Å². The molecule has 5 nitrogen and oxygen atoms in total. The van der Waals surface area contributed by atoms with E-state index < -0.39 is 0 Å². The highest BCUT2D eigenvalue weighted by atomic mass is 16.5. The minimum Gasteiger partial charge on any atom is -0.489 e. The van der Waals surface area contributed by atoms with E-state index in [0.717, 1.165) is 17.9 Å². The van der Waals surface area contributed by atoms with Crippen LogP contribution in [0.5, 0.6) is 5.75 Å². The van der Waals surface area contributed by atoms with Crippen LogP contribution >= 0.6 is 0 Å². The molecule has 0 aliphatic heterocycles. The average Bonchev–Trinajstić information content (AvgIpc) is 2.70. The van der Waals surface area contributed by atoms with Gasteiger partial charge >= 0.3 is 0 Å². The van der Waals surface area contributed by atoms with Gasteiger partial charge in [-0.1, -0.05) is 36.9 Å². The molecule has 0 spiro atoms. The zero-order valence-corrected chi connectivity index (χ0v) is 15.3. The van der Waals surface area contributed by atoms with Gasteiger partial charge in [0.25, 0.3) is 5.91 Å². The van der Waals surface area contributed by atoms with Crippen molar-refractivity contribution >= 4 is 5.91 Å². The van der Waals surface area contributed by atoms with Crippen LogP contribution in [0.1, 0.15) is 15.9 Å². The highest BCUT2D eigenvalue weighted by Crippen LogP contribution is 2.15. The topological polar surface area (TPSA) is 53.6 Å². The molecule has 2 N–H and O–H groups in total. The van der Waals surface area contributed by atoms with Gasteiger partial charge in [0.15, 0.2) is 0 Å². The lowest BCUT2D eigenvalue weighted by Crippen LogP contribution is -2.39. The molecular weight excluding hydrogens is 326 g/mol. The first kappa shape index (κ1) is 19.5. The highest BCUT2D eigenvalue weighted by molar-refractivity contribution is 5.94. The molecule has 0 saturated heterocycles. The Hall–Kier alpha value is -2.79. The largest absolute Gasteiger partial charge is 0.489 e. The van der Waals surface area contributed by atoms with Crippen LogP contribution in [0.4, 0.5) is 0 Å². The van der Waals surface area contributed by atoms with E-state index in [-0.39, 0.29) is 5.91 Å². The number of ether oxygens (including phenoxy) is 1. The molecule has 0 fully saturated rings. The van der Waals surface area contributed by atoms with Crippen molar-refractivity contribution in [3.63, 3.8) is 0 Å². The number of hydrogen-bond acceptors (Lipinski definition) is 4. The molecule has 0 saturated carbocycles. The number of likely N-dealkylation sites (N-methyl/N-ethyl adjacent to an activating group) is 1. The van der Waals surface area contributed by atoms with Crippen molar-refractivity contribution in [2.45, 2.75) is 6.61 Å². The lowest BCUT2D eigenvalue weighted by atomic mass is 10.2. The Balaban J connectivity index is 1.95. The Morgan fingerprint density at radius 2 is 1.77 bits per heavy atom. The second-order valence-corrected chi connectivity index (χ2v) is 5.85. The first-order valence-corrected chi connectivity index (χ1v) is 8.79. The fraction of sp³-hybridized carbons (Fsp3) is 0.286. The Morgan fingerprint density at radius 1 is 1.08 bits per heavy atom. The lowest BCUT2D eigenvalue weighted by Gasteiger charge is -2.23. The van der Waals surface area contributed by atoms with Crippen molar-refractivity contribution < 1.29 is 9.53 Å². The summed E-state index contributed by atoms with van der Waals surface area (Å²) >= 11 is 0. The Kier molecular flexibility index (Phi) is 8.23. The SMILES string of the molecule is C=CNCCN(CCNC)C(=O)c1ccc(OCc2ccccc2)cc1. The van der Waals surface area contributed by atoms with E-state index >= 15 is 0 Å². The number of rotatable bonds is 11. The van der Waals surface area contributed by atoms with Crippen molar-refractivity contribution in [1.82, 2.24) is 15.5 Å². The van der Waals surface area contributed by atoms with E-state index in [1.807, 2.05) is 66.5 Å². The normalized spacial score (nSPS) is 10.2. The fourth-order valence-corrected chi connectivity index (χ4v) is 2.48. The molecule has 0 bridgehead atoms. The molecule has 138 valence electrons. The zero-order valence-electron chi connectivity index (χ0n) is 15.3. The molecule has 1 amide bonds. The van der Waals surface area contributed by atoms with Crippen molar-refractivity contribution in [3.05, 3.63) is 78.5 Å². The minimum absolute atomic E-state index is 0.0146. The van der Waals surface area contributed by atoms with Gasteiger partial charge in [0.2, 0.25) is 0 Å². The molecule has 0 aliphatic carbocycles. The summed E-state index contributed by atoms with van der Waals surface area (Å²) in [5.41, 5.74) is 1.77. The summed E-state index contributed by atoms with van der Waals surface area (Å²) in [5.74, 6) is 0.765. The number of carbonyl (C=O) groups is 1. The summed E-state index contributed by atoms with van der Waals surface area (Å²) in [6.45, 7) is 6.84. The number of nitrogens with one attached hydrogen (secondary N) is 2. The maximum atomic E-state index is 12.7. The Morgan fingerprint density at radius 3 is 2.42 bits per heavy atom. The van der Waals surface area contributed by atoms with Gasteiger partial charge < -0.3 is 20.3 Å². The predicted molar refractivity (Wildman–Crippen MR) is 105 cm³/mol. The van der Waals surface area contributed by atoms with Gasteiger partial charge in [0, 0.05) is 31.7 Å². The van der Waals surface area contributed by atoms with Crippen LogP contribution in [0.2, 0.25) is 0 Å². The van der Waals surface area contributed by atoms with Gasteiger partial charge in [0.05, 0.1) is 0 Å². The van der Waals surface area contributed by atoms with Crippen molar-refractivity contribution in [2.75, 3.05) is 33.2 Å². The van der Waals surface area contributed by atoms with Crippen LogP contribution in [0.15, 0.2) is 67.4 Å². The summed E-state index contributed by atoms with van der Waals surface area (Å²) in [4.78, 5) is 14.6. The van der Waals surface area contributed by atoms with Crippen LogP contribution in [-0.4, -0.2) is 44.0 Å². The third-order valence-electron chi connectivity index (χ3n) is 3.94. The molecule has 0 aliphatic rings. The van der Waals surface area contributed by atoms with E-state index in [2.05, 4.69) is 17.2 Å². The van der Waals surface area contributed by atoms with Gasteiger partial charge in [-0.3, -0.25) is 4.79 Å². The number of hydrogen-bond donors (Lipinski definition) is 2. The predicted octanol–water partition coefficient (Wildman–Crippen LogP) is 2.66. The molecule has 2 aromatic rings. The van der Waals surface area contributed by atoms with Gasteiger partial charge in [-0.2, -0.15) is 0 Å². The summed E-state index contributed by atoms with van der Waals surface area (Å²) in [5, 5.41) is 6.11. The van der Waals surface area contributed by atoms with E-state index in [0.29, 0.717) is 31.8 Å². The standard InChI is InChI=1S/C21H27N3O2/c1-3-23-14-16-24(15-13-22-2)21(25)19-9-11-20(12-10-19)26-17-18-7-5-4-6-8-18/h3-12,22-23H,1,13-17H2,2H3. The molecule has 0 unspecified atom stereocenters. The van der Waals surface area contributed by atoms with Crippen LogP contribution in [0.3, 0.4) is 0 Å². The monoisotopic (exact) mass is 353 g/mol. The molecule has 2 rings (SSSR count). The molecule has 5 heteroatoms. The van der Waals surface area contributed by atoms with Gasteiger partial charge in [-0.05, 0) is 43.1 Å². The Bertz CT molecular complexity index is 671. The van der Waals surface area contributed by atoms with E-state index in [1.54, 1.807) is 6.20 Å². The number of nitrogens with zero attached hydrogens (tertiary/aromatic N) is 1. The lowest BCUT2D eigenvalue weighted by molar-refractivity contribution is 0.0760. The van der Waals surface area contributed by atoms with Gasteiger partial charge in [-0.25, -0.2) is 0 Å². The van der Waals surface area contributed by atoms with Gasteiger partial charge in [0.1, 0.15) is 12.4 Å². The molecular formula is C21H27N3O2. The van der Waals surface area contributed by atoms with Crippen LogP contribution in [0, 0.1) is 0 Å². The molecule has 0 heterocycles. The zero-order chi connectivity index (χ0) is 18.6. The molecule has 0 atom stereocenters. The smallest absolute Gasteiger partial charge is 0.253 e. The highest BCUT2D eigenvalue weighted by Gasteiger charge is 2.15. The summed E-state index contributed by atoms with van der Waals surface area (Å²) in [6.07, 6.45) is 1.64. The van der Waals surface area contributed by atoms with Gasteiger partial charge in [-0.15, -0.1) is 0 Å². The summed E-state index contributed by atoms with van der Waals surface area (Å²) in [6, 6.07) is 17.3. The average molecular weight is 353 g/mol.